The molecule has 0 amide bonds. The lowest BCUT2D eigenvalue weighted by Gasteiger charge is -2.28. The van der Waals surface area contributed by atoms with Gasteiger partial charge in [0.15, 0.2) is 5.58 Å². The molecular formula is C22H20N2O5S. The van der Waals surface area contributed by atoms with E-state index in [9.17, 15) is 8.42 Å². The molecular weight excluding hydrogens is 404 g/mol. The highest BCUT2D eigenvalue weighted by Crippen LogP contribution is 2.35. The summed E-state index contributed by atoms with van der Waals surface area (Å²) in [5, 5.41) is 0. The highest BCUT2D eigenvalue weighted by atomic mass is 32.2. The van der Waals surface area contributed by atoms with Crippen molar-refractivity contribution in [1.29, 1.82) is 0 Å². The highest BCUT2D eigenvalue weighted by molar-refractivity contribution is 7.85. The highest BCUT2D eigenvalue weighted by Gasteiger charge is 2.27. The van der Waals surface area contributed by atoms with Crippen LogP contribution in [0, 0.1) is 0 Å². The molecule has 154 valence electrons. The molecule has 8 heteroatoms. The van der Waals surface area contributed by atoms with Crippen LogP contribution in [0.3, 0.4) is 0 Å². The molecule has 0 fully saturated rings. The molecule has 4 aromatic rings. The van der Waals surface area contributed by atoms with Crippen LogP contribution in [0.1, 0.15) is 19.4 Å². The Hall–Kier alpha value is -3.36. The van der Waals surface area contributed by atoms with Crippen molar-refractivity contribution >= 4 is 26.9 Å². The molecule has 0 saturated heterocycles. The molecule has 0 bridgehead atoms. The molecule has 0 spiro atoms. The van der Waals surface area contributed by atoms with Crippen LogP contribution in [0.2, 0.25) is 0 Å². The maximum atomic E-state index is 11.2. The van der Waals surface area contributed by atoms with E-state index in [0.717, 1.165) is 5.56 Å². The summed E-state index contributed by atoms with van der Waals surface area (Å²) in [6.07, 6.45) is 0. The zero-order valence-electron chi connectivity index (χ0n) is 16.4. The molecule has 3 N–H and O–H groups in total. The SMILES string of the molecule is CC(C)(Oc1ccc(S(=O)(=O)O)cc1)c1cc2oc(-c3ccccc3)nc2cc1N. The first kappa shape index (κ1) is 19.9. The smallest absolute Gasteiger partial charge is 0.294 e. The number of rotatable bonds is 5. The number of fused-ring (bicyclic) bond motifs is 1. The minimum atomic E-state index is -4.26. The molecule has 0 aliphatic heterocycles. The summed E-state index contributed by atoms with van der Waals surface area (Å²) in [4.78, 5) is 4.31. The van der Waals surface area contributed by atoms with Crippen molar-refractivity contribution in [3.05, 3.63) is 72.3 Å². The lowest BCUT2D eigenvalue weighted by Crippen LogP contribution is -2.26. The summed E-state index contributed by atoms with van der Waals surface area (Å²) in [5.74, 6) is 0.927. The summed E-state index contributed by atoms with van der Waals surface area (Å²) >= 11 is 0. The van der Waals surface area contributed by atoms with E-state index in [2.05, 4.69) is 4.98 Å². The Kier molecular flexibility index (Phi) is 4.76. The molecule has 0 aliphatic rings. The second kappa shape index (κ2) is 7.16. The van der Waals surface area contributed by atoms with Crippen LogP contribution in [0.15, 0.2) is 76.0 Å². The number of benzene rings is 3. The van der Waals surface area contributed by atoms with Crippen LogP contribution >= 0.6 is 0 Å². The van der Waals surface area contributed by atoms with Crippen molar-refractivity contribution in [3.63, 3.8) is 0 Å². The molecule has 4 rings (SSSR count). The Morgan fingerprint density at radius 3 is 2.33 bits per heavy atom. The summed E-state index contributed by atoms with van der Waals surface area (Å²) in [6, 6.07) is 18.6. The molecule has 0 saturated carbocycles. The number of nitrogens with two attached hydrogens (primary N) is 1. The van der Waals surface area contributed by atoms with Crippen molar-refractivity contribution < 1.29 is 22.1 Å². The van der Waals surface area contributed by atoms with E-state index in [4.69, 9.17) is 19.4 Å². The number of oxazole rings is 1. The van der Waals surface area contributed by atoms with Crippen molar-refractivity contribution in [2.24, 2.45) is 0 Å². The average molecular weight is 424 g/mol. The fourth-order valence-corrected chi connectivity index (χ4v) is 3.72. The molecule has 1 heterocycles. The third-order valence-corrected chi connectivity index (χ3v) is 5.59. The molecule has 0 radical (unpaired) electrons. The predicted molar refractivity (Wildman–Crippen MR) is 114 cm³/mol. The number of aromatic nitrogens is 1. The standard InChI is InChI=1S/C22H20N2O5S/c1-22(2,29-15-8-10-16(11-9-15)30(25,26)27)17-12-20-19(13-18(17)23)24-21(28-20)14-6-4-3-5-7-14/h3-13H,23H2,1-2H3,(H,25,26,27). The monoisotopic (exact) mass is 424 g/mol. The van der Waals surface area contributed by atoms with Crippen molar-refractivity contribution in [2.45, 2.75) is 24.3 Å². The molecule has 0 unspecified atom stereocenters. The van der Waals surface area contributed by atoms with Crippen LogP contribution in [-0.2, 0) is 15.7 Å². The van der Waals surface area contributed by atoms with Gasteiger partial charge < -0.3 is 14.9 Å². The van der Waals surface area contributed by atoms with Crippen molar-refractivity contribution in [2.75, 3.05) is 5.73 Å². The van der Waals surface area contributed by atoms with Crippen LogP contribution in [-0.4, -0.2) is 18.0 Å². The summed E-state index contributed by atoms with van der Waals surface area (Å²) in [5.41, 5.74) is 8.71. The lowest BCUT2D eigenvalue weighted by molar-refractivity contribution is 0.109. The number of nitrogens with zero attached hydrogens (tertiary/aromatic N) is 1. The van der Waals surface area contributed by atoms with Crippen molar-refractivity contribution in [1.82, 2.24) is 4.98 Å². The second-order valence-electron chi connectivity index (χ2n) is 7.35. The van der Waals surface area contributed by atoms with Gasteiger partial charge in [-0.05, 0) is 62.4 Å². The zero-order chi connectivity index (χ0) is 21.5. The minimum Gasteiger partial charge on any atom is -0.483 e. The van der Waals surface area contributed by atoms with E-state index < -0.39 is 15.7 Å². The Balaban J connectivity index is 1.67. The quantitative estimate of drug-likeness (QED) is 0.354. The van der Waals surface area contributed by atoms with E-state index in [0.29, 0.717) is 34.0 Å². The van der Waals surface area contributed by atoms with Gasteiger partial charge in [-0.25, -0.2) is 4.98 Å². The fraction of sp³-hybridized carbons (Fsp3) is 0.136. The van der Waals surface area contributed by atoms with Gasteiger partial charge in [0.05, 0.1) is 4.90 Å². The summed E-state index contributed by atoms with van der Waals surface area (Å²) < 4.78 is 43.5. The van der Waals surface area contributed by atoms with E-state index in [1.807, 2.05) is 44.2 Å². The number of nitrogen functional groups attached to an aromatic ring is 1. The first-order valence-corrected chi connectivity index (χ1v) is 10.6. The zero-order valence-corrected chi connectivity index (χ0v) is 17.2. The van der Waals surface area contributed by atoms with Crippen LogP contribution in [0.5, 0.6) is 5.75 Å². The second-order valence-corrected chi connectivity index (χ2v) is 8.77. The van der Waals surface area contributed by atoms with E-state index in [-0.39, 0.29) is 4.90 Å². The van der Waals surface area contributed by atoms with Gasteiger partial charge in [0.1, 0.15) is 16.9 Å². The van der Waals surface area contributed by atoms with Gasteiger partial charge in [0.25, 0.3) is 10.1 Å². The maximum Gasteiger partial charge on any atom is 0.294 e. The number of anilines is 1. The van der Waals surface area contributed by atoms with Gasteiger partial charge in [-0.3, -0.25) is 4.55 Å². The molecule has 1 aromatic heterocycles. The van der Waals surface area contributed by atoms with Gasteiger partial charge >= 0.3 is 0 Å². The average Bonchev–Trinajstić information content (AvgIpc) is 3.10. The van der Waals surface area contributed by atoms with Crippen molar-refractivity contribution in [3.8, 4) is 17.2 Å². The number of hydrogen-bond acceptors (Lipinski definition) is 6. The van der Waals surface area contributed by atoms with Gasteiger partial charge in [-0.15, -0.1) is 0 Å². The molecule has 7 nitrogen and oxygen atoms in total. The summed E-state index contributed by atoms with van der Waals surface area (Å²) in [7, 11) is -4.26. The lowest BCUT2D eigenvalue weighted by atomic mass is 9.95. The van der Waals surface area contributed by atoms with Gasteiger partial charge in [-0.1, -0.05) is 18.2 Å². The first-order chi connectivity index (χ1) is 14.1. The van der Waals surface area contributed by atoms with Crippen LogP contribution in [0.25, 0.3) is 22.6 Å². The van der Waals surface area contributed by atoms with Gasteiger partial charge in [-0.2, -0.15) is 8.42 Å². The fourth-order valence-electron chi connectivity index (χ4n) is 3.24. The number of ether oxygens (including phenoxy) is 1. The van der Waals surface area contributed by atoms with E-state index >= 15 is 0 Å². The largest absolute Gasteiger partial charge is 0.483 e. The molecule has 0 aliphatic carbocycles. The van der Waals surface area contributed by atoms with E-state index in [1.165, 1.54) is 24.3 Å². The Morgan fingerprint density at radius 2 is 1.70 bits per heavy atom. The third-order valence-electron chi connectivity index (χ3n) is 4.72. The third kappa shape index (κ3) is 3.87. The normalized spacial score (nSPS) is 12.2. The minimum absolute atomic E-state index is 0.205. The Morgan fingerprint density at radius 1 is 1.03 bits per heavy atom. The van der Waals surface area contributed by atoms with Crippen LogP contribution < -0.4 is 10.5 Å². The van der Waals surface area contributed by atoms with Gasteiger partial charge in [0, 0.05) is 16.8 Å². The number of hydrogen-bond donors (Lipinski definition) is 2. The van der Waals surface area contributed by atoms with E-state index in [1.54, 1.807) is 12.1 Å². The maximum absolute atomic E-state index is 11.2. The topological polar surface area (TPSA) is 116 Å². The van der Waals surface area contributed by atoms with Gasteiger partial charge in [0.2, 0.25) is 5.89 Å². The Labute approximate surface area is 173 Å². The van der Waals surface area contributed by atoms with Crippen LogP contribution in [0.4, 0.5) is 5.69 Å². The molecule has 0 atom stereocenters. The molecule has 30 heavy (non-hydrogen) atoms. The molecule has 3 aromatic carbocycles. The Bertz CT molecular complexity index is 1310. The first-order valence-electron chi connectivity index (χ1n) is 9.16. The summed E-state index contributed by atoms with van der Waals surface area (Å²) in [6.45, 7) is 3.69. The predicted octanol–water partition coefficient (Wildman–Crippen LogP) is 4.64.